The number of hydrogen-bond acceptors (Lipinski definition) is 6. The zero-order chi connectivity index (χ0) is 15.6. The number of unbranched alkanes of at least 4 members (excludes halogenated alkanes) is 2. The summed E-state index contributed by atoms with van der Waals surface area (Å²) in [6.07, 6.45) is 2.05. The van der Waals surface area contributed by atoms with Crippen molar-refractivity contribution in [2.45, 2.75) is 51.2 Å². The molecule has 1 N–H and O–H groups in total. The molecule has 0 heterocycles. The van der Waals surface area contributed by atoms with Gasteiger partial charge in [0.05, 0.1) is 19.6 Å². The monoisotopic (exact) mass is 356 g/mol. The molecule has 0 fully saturated rings. The van der Waals surface area contributed by atoms with Crippen LogP contribution in [0.4, 0.5) is 0 Å². The van der Waals surface area contributed by atoms with Crippen molar-refractivity contribution in [1.82, 2.24) is 0 Å². The van der Waals surface area contributed by atoms with Crippen molar-refractivity contribution in [3.05, 3.63) is 0 Å². The van der Waals surface area contributed by atoms with Crippen LogP contribution in [0.5, 0.6) is 0 Å². The Morgan fingerprint density at radius 3 is 1.86 bits per heavy atom. The summed E-state index contributed by atoms with van der Waals surface area (Å²) in [7, 11) is -4.70. The normalized spacial score (nSPS) is 11.6. The minimum absolute atomic E-state index is 0. The third-order valence-electron chi connectivity index (χ3n) is 2.48. The molecule has 0 bridgehead atoms. The van der Waals surface area contributed by atoms with Gasteiger partial charge in [-0.25, -0.2) is 0 Å². The van der Waals surface area contributed by atoms with E-state index in [2.05, 4.69) is 0 Å². The molecule has 0 aromatic rings. The van der Waals surface area contributed by atoms with Gasteiger partial charge in [-0.15, -0.1) is 0 Å². The van der Waals surface area contributed by atoms with Crippen LogP contribution in [0.25, 0.3) is 0 Å². The summed E-state index contributed by atoms with van der Waals surface area (Å²) in [5.41, 5.74) is 0. The zero-order valence-electron chi connectivity index (χ0n) is 13.8. The second-order valence-corrected chi connectivity index (χ2v) is 5.90. The maximum absolute atomic E-state index is 11.6. The van der Waals surface area contributed by atoms with Crippen LogP contribution < -0.4 is 0 Å². The molecule has 0 aliphatic carbocycles. The maximum atomic E-state index is 11.6. The van der Waals surface area contributed by atoms with E-state index in [4.69, 9.17) is 14.0 Å². The molecule has 7 nitrogen and oxygen atoms in total. The van der Waals surface area contributed by atoms with Crippen LogP contribution >= 0.6 is 0 Å². The van der Waals surface area contributed by atoms with Gasteiger partial charge in [0.25, 0.3) is 10.1 Å². The minimum Gasteiger partial charge on any atom is -0.466 e. The van der Waals surface area contributed by atoms with Gasteiger partial charge in [-0.1, -0.05) is 26.7 Å². The molecular formula is C12H22Na2O7S. The topological polar surface area (TPSA) is 107 Å². The molecule has 120 valence electrons. The molecule has 1 unspecified atom stereocenters. The molecule has 2 radical (unpaired) electrons. The molecule has 1 atom stereocenters. The van der Waals surface area contributed by atoms with E-state index in [0.717, 1.165) is 12.8 Å². The predicted octanol–water partition coefficient (Wildman–Crippen LogP) is 0.558. The van der Waals surface area contributed by atoms with Crippen molar-refractivity contribution in [3.63, 3.8) is 0 Å². The van der Waals surface area contributed by atoms with Crippen LogP contribution in [0.3, 0.4) is 0 Å². The first kappa shape index (κ1) is 27.7. The van der Waals surface area contributed by atoms with Crippen molar-refractivity contribution in [1.29, 1.82) is 0 Å². The van der Waals surface area contributed by atoms with Gasteiger partial charge in [0.1, 0.15) is 0 Å². The first-order chi connectivity index (χ1) is 9.32. The van der Waals surface area contributed by atoms with Gasteiger partial charge in [0.15, 0.2) is 5.25 Å². The van der Waals surface area contributed by atoms with E-state index < -0.39 is 33.7 Å². The van der Waals surface area contributed by atoms with Gasteiger partial charge in [-0.2, -0.15) is 8.42 Å². The Kier molecular flexibility index (Phi) is 19.4. The standard InChI is InChI=1S/C12H22O7S.2Na/c1-3-5-7-18-11(13)9-10(20(15,16)17)12(14)19-8-6-4-2;;/h10H,3-9H2,1-2H3,(H,15,16,17);;. The fourth-order valence-electron chi connectivity index (χ4n) is 1.26. The third-order valence-corrected chi connectivity index (χ3v) is 3.56. The van der Waals surface area contributed by atoms with E-state index in [-0.39, 0.29) is 72.3 Å². The van der Waals surface area contributed by atoms with Gasteiger partial charge in [0.2, 0.25) is 0 Å². The number of carbonyl (C=O) groups is 2. The zero-order valence-corrected chi connectivity index (χ0v) is 18.6. The molecule has 0 amide bonds. The number of esters is 2. The van der Waals surface area contributed by atoms with Crippen LogP contribution in [0, 0.1) is 0 Å². The van der Waals surface area contributed by atoms with Crippen molar-refractivity contribution in [2.24, 2.45) is 0 Å². The van der Waals surface area contributed by atoms with Gasteiger partial charge in [-0.05, 0) is 12.8 Å². The summed E-state index contributed by atoms with van der Waals surface area (Å²) in [4.78, 5) is 23.0. The Balaban J connectivity index is -0.00000180. The molecular weight excluding hydrogens is 334 g/mol. The quantitative estimate of drug-likeness (QED) is 0.264. The number of rotatable bonds is 10. The molecule has 0 rings (SSSR count). The van der Waals surface area contributed by atoms with E-state index in [0.29, 0.717) is 12.8 Å². The Hall–Kier alpha value is 0.850. The fourth-order valence-corrected chi connectivity index (χ4v) is 1.92. The van der Waals surface area contributed by atoms with Crippen molar-refractivity contribution in [3.8, 4) is 0 Å². The average molecular weight is 356 g/mol. The van der Waals surface area contributed by atoms with Crippen molar-refractivity contribution >= 4 is 81.2 Å². The van der Waals surface area contributed by atoms with Crippen LogP contribution in [0.2, 0.25) is 0 Å². The molecule has 0 saturated heterocycles. The summed E-state index contributed by atoms with van der Waals surface area (Å²) >= 11 is 0. The number of carbonyl (C=O) groups excluding carboxylic acids is 2. The minimum atomic E-state index is -4.70. The first-order valence-corrected chi connectivity index (χ1v) is 8.11. The molecule has 22 heavy (non-hydrogen) atoms. The Morgan fingerprint density at radius 2 is 1.45 bits per heavy atom. The molecule has 10 heteroatoms. The van der Waals surface area contributed by atoms with E-state index in [1.807, 2.05) is 13.8 Å². The fraction of sp³-hybridized carbons (Fsp3) is 0.833. The van der Waals surface area contributed by atoms with E-state index in [9.17, 15) is 18.0 Å². The summed E-state index contributed by atoms with van der Waals surface area (Å²) in [6.45, 7) is 3.98. The van der Waals surface area contributed by atoms with Crippen molar-refractivity contribution < 1.29 is 32.0 Å². The van der Waals surface area contributed by atoms with Gasteiger partial charge in [-0.3, -0.25) is 14.1 Å². The maximum Gasteiger partial charge on any atom is 0.327 e. The average Bonchev–Trinajstić information content (AvgIpc) is 2.35. The summed E-state index contributed by atoms with van der Waals surface area (Å²) in [5, 5.41) is -1.92. The summed E-state index contributed by atoms with van der Waals surface area (Å²) in [6, 6.07) is 0. The Labute approximate surface area is 176 Å². The molecule has 0 spiro atoms. The number of hydrogen-bond donors (Lipinski definition) is 1. The van der Waals surface area contributed by atoms with Gasteiger partial charge >= 0.3 is 11.9 Å². The van der Waals surface area contributed by atoms with Gasteiger partial charge in [0, 0.05) is 59.1 Å². The summed E-state index contributed by atoms with van der Waals surface area (Å²) < 4.78 is 40.7. The van der Waals surface area contributed by atoms with Crippen LogP contribution in [0.15, 0.2) is 0 Å². The summed E-state index contributed by atoms with van der Waals surface area (Å²) in [5.74, 6) is -1.98. The SMILES string of the molecule is CCCCOC(=O)CC(C(=O)OCCCC)S(=O)(=O)O.[Na].[Na]. The second kappa shape index (κ2) is 15.4. The predicted molar refractivity (Wildman–Crippen MR) is 83.2 cm³/mol. The third kappa shape index (κ3) is 13.3. The first-order valence-electron chi connectivity index (χ1n) is 6.61. The van der Waals surface area contributed by atoms with Crippen molar-refractivity contribution in [2.75, 3.05) is 13.2 Å². The van der Waals surface area contributed by atoms with E-state index in [1.165, 1.54) is 0 Å². The van der Waals surface area contributed by atoms with Crippen LogP contribution in [0.1, 0.15) is 46.0 Å². The van der Waals surface area contributed by atoms with E-state index >= 15 is 0 Å². The second-order valence-electron chi connectivity index (χ2n) is 4.30. The molecule has 0 aromatic heterocycles. The number of ether oxygens (including phenoxy) is 2. The Bertz CT molecular complexity index is 412. The smallest absolute Gasteiger partial charge is 0.327 e. The molecule has 0 saturated carbocycles. The van der Waals surface area contributed by atoms with Gasteiger partial charge < -0.3 is 9.47 Å². The Morgan fingerprint density at radius 1 is 1.00 bits per heavy atom. The molecule has 0 aromatic carbocycles. The van der Waals surface area contributed by atoms with Crippen LogP contribution in [-0.2, 0) is 29.2 Å². The molecule has 0 aliphatic rings. The van der Waals surface area contributed by atoms with Crippen LogP contribution in [-0.4, -0.2) is 102 Å². The van der Waals surface area contributed by atoms with E-state index in [1.54, 1.807) is 0 Å². The largest absolute Gasteiger partial charge is 0.466 e. The molecule has 0 aliphatic heterocycles.